The molecule has 0 bridgehead atoms. The highest BCUT2D eigenvalue weighted by Gasteiger charge is 2.11. The number of aromatic nitrogens is 1. The second-order valence-electron chi connectivity index (χ2n) is 8.40. The second-order valence-corrected chi connectivity index (χ2v) is 8.40. The SMILES string of the molecule is CN(C)c1ccc(/C=C/c2cc(-c3ccc([N+](=O)[O-])cc3)nc3ccc4ccccc4c23)cc1. The van der Waals surface area contributed by atoms with Crippen LogP contribution in [0.3, 0.4) is 0 Å². The number of non-ortho nitro benzene ring substituents is 1. The number of fused-ring (bicyclic) bond motifs is 3. The molecule has 1 heterocycles. The van der Waals surface area contributed by atoms with Crippen LogP contribution in [0.25, 0.3) is 45.1 Å². The van der Waals surface area contributed by atoms with Gasteiger partial charge in [0.25, 0.3) is 5.69 Å². The molecule has 0 aliphatic rings. The fourth-order valence-corrected chi connectivity index (χ4v) is 4.14. The smallest absolute Gasteiger partial charge is 0.269 e. The Morgan fingerprint density at radius 3 is 2.29 bits per heavy atom. The van der Waals surface area contributed by atoms with Gasteiger partial charge in [-0.25, -0.2) is 4.98 Å². The number of hydrogen-bond acceptors (Lipinski definition) is 4. The zero-order chi connectivity index (χ0) is 23.7. The summed E-state index contributed by atoms with van der Waals surface area (Å²) in [5, 5.41) is 14.4. The van der Waals surface area contributed by atoms with Crippen LogP contribution in [0.5, 0.6) is 0 Å². The summed E-state index contributed by atoms with van der Waals surface area (Å²) < 4.78 is 0. The molecular formula is C29H23N3O2. The van der Waals surface area contributed by atoms with Crippen LogP contribution in [0, 0.1) is 10.1 Å². The van der Waals surface area contributed by atoms with E-state index >= 15 is 0 Å². The molecule has 0 spiro atoms. The van der Waals surface area contributed by atoms with Crippen LogP contribution in [0.2, 0.25) is 0 Å². The van der Waals surface area contributed by atoms with Gasteiger partial charge in [-0.05, 0) is 58.3 Å². The van der Waals surface area contributed by atoms with Crippen LogP contribution in [0.15, 0.2) is 91.0 Å². The molecule has 0 radical (unpaired) electrons. The van der Waals surface area contributed by atoms with Crippen molar-refractivity contribution in [3.05, 3.63) is 112 Å². The van der Waals surface area contributed by atoms with Crippen molar-refractivity contribution >= 4 is 45.2 Å². The molecule has 0 amide bonds. The maximum absolute atomic E-state index is 11.1. The average molecular weight is 446 g/mol. The fourth-order valence-electron chi connectivity index (χ4n) is 4.14. The van der Waals surface area contributed by atoms with Crippen molar-refractivity contribution in [1.29, 1.82) is 0 Å². The van der Waals surface area contributed by atoms with E-state index in [9.17, 15) is 10.1 Å². The normalized spacial score (nSPS) is 11.4. The highest BCUT2D eigenvalue weighted by atomic mass is 16.6. The molecule has 0 aliphatic heterocycles. The van der Waals surface area contributed by atoms with Crippen molar-refractivity contribution in [3.63, 3.8) is 0 Å². The summed E-state index contributed by atoms with van der Waals surface area (Å²) in [6, 6.07) is 29.4. The van der Waals surface area contributed by atoms with Crippen LogP contribution in [-0.4, -0.2) is 24.0 Å². The lowest BCUT2D eigenvalue weighted by Crippen LogP contribution is -2.07. The van der Waals surface area contributed by atoms with Crippen molar-refractivity contribution < 1.29 is 4.92 Å². The summed E-state index contributed by atoms with van der Waals surface area (Å²) in [4.78, 5) is 17.7. The van der Waals surface area contributed by atoms with Crippen LogP contribution < -0.4 is 4.90 Å². The van der Waals surface area contributed by atoms with Gasteiger partial charge in [-0.3, -0.25) is 10.1 Å². The Labute approximate surface area is 197 Å². The minimum absolute atomic E-state index is 0.0665. The average Bonchev–Trinajstić information content (AvgIpc) is 2.87. The van der Waals surface area contributed by atoms with Crippen molar-refractivity contribution in [2.24, 2.45) is 0 Å². The summed E-state index contributed by atoms with van der Waals surface area (Å²) in [6.07, 6.45) is 4.23. The largest absolute Gasteiger partial charge is 0.378 e. The van der Waals surface area contributed by atoms with E-state index < -0.39 is 0 Å². The Bertz CT molecular complexity index is 1540. The number of hydrogen-bond donors (Lipinski definition) is 0. The summed E-state index contributed by atoms with van der Waals surface area (Å²) >= 11 is 0. The van der Waals surface area contributed by atoms with Crippen molar-refractivity contribution in [1.82, 2.24) is 4.98 Å². The monoisotopic (exact) mass is 445 g/mol. The van der Waals surface area contributed by atoms with Gasteiger partial charge in [-0.15, -0.1) is 0 Å². The maximum atomic E-state index is 11.1. The maximum Gasteiger partial charge on any atom is 0.269 e. The first kappa shape index (κ1) is 21.3. The van der Waals surface area contributed by atoms with Gasteiger partial charge in [0.15, 0.2) is 0 Å². The van der Waals surface area contributed by atoms with Crippen LogP contribution in [0.1, 0.15) is 11.1 Å². The predicted octanol–water partition coefficient (Wildman–Crippen LogP) is 7.20. The first-order chi connectivity index (χ1) is 16.5. The number of benzene rings is 4. The Hall–Kier alpha value is -4.51. The fraction of sp³-hybridized carbons (Fsp3) is 0.0690. The minimum atomic E-state index is -0.389. The number of pyridine rings is 1. The van der Waals surface area contributed by atoms with E-state index in [1.165, 1.54) is 12.1 Å². The molecule has 0 unspecified atom stereocenters. The van der Waals surface area contributed by atoms with E-state index in [1.54, 1.807) is 12.1 Å². The molecule has 0 saturated carbocycles. The quantitative estimate of drug-likeness (QED) is 0.163. The van der Waals surface area contributed by atoms with Gasteiger partial charge in [-0.1, -0.05) is 54.6 Å². The molecule has 0 atom stereocenters. The van der Waals surface area contributed by atoms with E-state index in [-0.39, 0.29) is 10.6 Å². The Balaban J connectivity index is 1.66. The molecule has 166 valence electrons. The van der Waals surface area contributed by atoms with Crippen molar-refractivity contribution in [2.45, 2.75) is 0 Å². The molecule has 0 N–H and O–H groups in total. The van der Waals surface area contributed by atoms with E-state index in [0.29, 0.717) is 0 Å². The molecule has 1 aromatic heterocycles. The van der Waals surface area contributed by atoms with Crippen LogP contribution in [-0.2, 0) is 0 Å². The molecule has 5 rings (SSSR count). The summed E-state index contributed by atoms with van der Waals surface area (Å²) in [6.45, 7) is 0. The van der Waals surface area contributed by atoms with Crippen LogP contribution >= 0.6 is 0 Å². The van der Waals surface area contributed by atoms with E-state index in [0.717, 1.165) is 49.7 Å². The van der Waals surface area contributed by atoms with Gasteiger partial charge in [0, 0.05) is 42.9 Å². The molecular weight excluding hydrogens is 422 g/mol. The zero-order valence-electron chi connectivity index (χ0n) is 19.0. The standard InChI is InChI=1S/C29H23N3O2/c1-31(2)24-14-8-20(9-15-24)7-10-23-19-28(22-11-16-25(17-12-22)32(33)34)30-27-18-13-21-5-3-4-6-26(21)29(23)27/h3-19H,1-2H3/b10-7+. The molecule has 5 heteroatoms. The topological polar surface area (TPSA) is 59.3 Å². The Kier molecular flexibility index (Phi) is 5.52. The van der Waals surface area contributed by atoms with Crippen molar-refractivity contribution in [3.8, 4) is 11.3 Å². The van der Waals surface area contributed by atoms with Gasteiger partial charge in [-0.2, -0.15) is 0 Å². The lowest BCUT2D eigenvalue weighted by atomic mass is 9.98. The number of nitrogens with zero attached hydrogens (tertiary/aromatic N) is 3. The first-order valence-electron chi connectivity index (χ1n) is 11.0. The number of nitro benzene ring substituents is 1. The lowest BCUT2D eigenvalue weighted by molar-refractivity contribution is -0.384. The summed E-state index contributed by atoms with van der Waals surface area (Å²) in [5.74, 6) is 0. The van der Waals surface area contributed by atoms with Gasteiger partial charge in [0.1, 0.15) is 0 Å². The first-order valence-corrected chi connectivity index (χ1v) is 11.0. The molecule has 34 heavy (non-hydrogen) atoms. The minimum Gasteiger partial charge on any atom is -0.378 e. The van der Waals surface area contributed by atoms with Gasteiger partial charge < -0.3 is 4.90 Å². The molecule has 4 aromatic carbocycles. The third-order valence-electron chi connectivity index (χ3n) is 5.97. The molecule has 5 aromatic rings. The van der Waals surface area contributed by atoms with Gasteiger partial charge in [0.2, 0.25) is 0 Å². The van der Waals surface area contributed by atoms with Crippen molar-refractivity contribution in [2.75, 3.05) is 19.0 Å². The third-order valence-corrected chi connectivity index (χ3v) is 5.97. The highest BCUT2D eigenvalue weighted by Crippen LogP contribution is 2.32. The zero-order valence-corrected chi connectivity index (χ0v) is 19.0. The third kappa shape index (κ3) is 4.11. The summed E-state index contributed by atoms with van der Waals surface area (Å²) in [5.41, 5.74) is 5.87. The molecule has 5 nitrogen and oxygen atoms in total. The van der Waals surface area contributed by atoms with Gasteiger partial charge >= 0.3 is 0 Å². The highest BCUT2D eigenvalue weighted by molar-refractivity contribution is 6.11. The number of anilines is 1. The predicted molar refractivity (Wildman–Crippen MR) is 141 cm³/mol. The number of nitro groups is 1. The van der Waals surface area contributed by atoms with E-state index in [2.05, 4.69) is 65.6 Å². The molecule has 0 saturated heterocycles. The Morgan fingerprint density at radius 1 is 0.853 bits per heavy atom. The van der Waals surface area contributed by atoms with Crippen LogP contribution in [0.4, 0.5) is 11.4 Å². The van der Waals surface area contributed by atoms with Gasteiger partial charge in [0.05, 0.1) is 16.1 Å². The molecule has 0 fully saturated rings. The number of rotatable bonds is 5. The molecule has 0 aliphatic carbocycles. The Morgan fingerprint density at radius 2 is 1.59 bits per heavy atom. The second kappa shape index (κ2) is 8.79. The summed E-state index contributed by atoms with van der Waals surface area (Å²) in [7, 11) is 4.05. The van der Waals surface area contributed by atoms with E-state index in [4.69, 9.17) is 4.98 Å². The lowest BCUT2D eigenvalue weighted by Gasteiger charge is -2.12. The van der Waals surface area contributed by atoms with E-state index in [1.807, 2.05) is 32.3 Å².